The van der Waals surface area contributed by atoms with E-state index in [4.69, 9.17) is 5.73 Å². The van der Waals surface area contributed by atoms with E-state index in [0.29, 0.717) is 17.1 Å². The monoisotopic (exact) mass is 238 g/mol. The van der Waals surface area contributed by atoms with Crippen molar-refractivity contribution in [2.45, 2.75) is 39.7 Å². The van der Waals surface area contributed by atoms with E-state index < -0.39 is 0 Å². The number of amides is 1. The van der Waals surface area contributed by atoms with E-state index in [0.717, 1.165) is 12.8 Å². The number of nitrogen functional groups attached to an aromatic ring is 1. The molecule has 0 aromatic carbocycles. The molecule has 1 amide bonds. The molecule has 5 nitrogen and oxygen atoms in total. The number of carbonyl (C=O) groups is 1. The maximum absolute atomic E-state index is 12.3. The molecule has 0 spiro atoms. The maximum Gasteiger partial charge on any atom is 0.274 e. The van der Waals surface area contributed by atoms with Crippen LogP contribution in [0, 0.1) is 6.92 Å². The standard InChI is InChI=1S/C12H22N4O/c1-6-7-8(2)15(4)12(17)11-10(13)9(3)14-16(11)5/h8H,6-7,13H2,1-5H3. The summed E-state index contributed by atoms with van der Waals surface area (Å²) in [5.74, 6) is -0.0634. The smallest absolute Gasteiger partial charge is 0.274 e. The van der Waals surface area contributed by atoms with Crippen LogP contribution in [0.15, 0.2) is 0 Å². The Hall–Kier alpha value is -1.52. The zero-order valence-corrected chi connectivity index (χ0v) is 11.3. The molecule has 1 atom stereocenters. The first-order valence-electron chi connectivity index (χ1n) is 5.96. The van der Waals surface area contributed by atoms with E-state index in [9.17, 15) is 4.79 Å². The zero-order valence-electron chi connectivity index (χ0n) is 11.3. The van der Waals surface area contributed by atoms with Crippen LogP contribution in [-0.2, 0) is 7.05 Å². The van der Waals surface area contributed by atoms with Gasteiger partial charge in [0.15, 0.2) is 0 Å². The lowest BCUT2D eigenvalue weighted by atomic mass is 10.1. The molecule has 17 heavy (non-hydrogen) atoms. The Morgan fingerprint density at radius 1 is 1.59 bits per heavy atom. The van der Waals surface area contributed by atoms with Crippen LogP contribution in [-0.4, -0.2) is 33.7 Å². The lowest BCUT2D eigenvalue weighted by Gasteiger charge is -2.24. The summed E-state index contributed by atoms with van der Waals surface area (Å²) in [6, 6.07) is 0.210. The van der Waals surface area contributed by atoms with E-state index >= 15 is 0 Å². The Morgan fingerprint density at radius 3 is 2.59 bits per heavy atom. The van der Waals surface area contributed by atoms with Gasteiger partial charge >= 0.3 is 0 Å². The molecule has 1 heterocycles. The Labute approximate surface area is 103 Å². The van der Waals surface area contributed by atoms with Gasteiger partial charge in [0.1, 0.15) is 5.69 Å². The highest BCUT2D eigenvalue weighted by atomic mass is 16.2. The Bertz CT molecular complexity index is 411. The van der Waals surface area contributed by atoms with Crippen LogP contribution in [0.5, 0.6) is 0 Å². The first-order valence-corrected chi connectivity index (χ1v) is 5.96. The number of nitrogens with two attached hydrogens (primary N) is 1. The summed E-state index contributed by atoms with van der Waals surface area (Å²) in [4.78, 5) is 14.0. The predicted octanol–water partition coefficient (Wildman–Crippen LogP) is 1.57. The van der Waals surface area contributed by atoms with Crippen LogP contribution in [0.4, 0.5) is 5.69 Å². The second-order valence-corrected chi connectivity index (χ2v) is 4.53. The summed E-state index contributed by atoms with van der Waals surface area (Å²) in [5, 5.41) is 4.16. The quantitative estimate of drug-likeness (QED) is 0.866. The largest absolute Gasteiger partial charge is 0.395 e. The molecule has 0 aliphatic carbocycles. The van der Waals surface area contributed by atoms with Gasteiger partial charge in [0.05, 0.1) is 11.4 Å². The molecule has 0 aliphatic heterocycles. The third-order valence-electron chi connectivity index (χ3n) is 3.16. The highest BCUT2D eigenvalue weighted by molar-refractivity contribution is 5.97. The molecular weight excluding hydrogens is 216 g/mol. The summed E-state index contributed by atoms with van der Waals surface area (Å²) >= 11 is 0. The highest BCUT2D eigenvalue weighted by Gasteiger charge is 2.23. The summed E-state index contributed by atoms with van der Waals surface area (Å²) in [6.45, 7) is 5.96. The van der Waals surface area contributed by atoms with Gasteiger partial charge in [0.2, 0.25) is 0 Å². The number of hydrogen-bond acceptors (Lipinski definition) is 3. The van der Waals surface area contributed by atoms with Crippen molar-refractivity contribution in [1.29, 1.82) is 0 Å². The molecule has 0 bridgehead atoms. The van der Waals surface area contributed by atoms with E-state index in [-0.39, 0.29) is 11.9 Å². The molecule has 0 radical (unpaired) electrons. The Kier molecular flexibility index (Phi) is 4.15. The Morgan fingerprint density at radius 2 is 2.18 bits per heavy atom. The molecule has 1 aromatic rings. The van der Waals surface area contributed by atoms with E-state index in [1.807, 2.05) is 20.9 Å². The maximum atomic E-state index is 12.3. The molecular formula is C12H22N4O. The van der Waals surface area contributed by atoms with Crippen molar-refractivity contribution in [2.75, 3.05) is 12.8 Å². The minimum atomic E-state index is -0.0634. The molecule has 0 saturated heterocycles. The van der Waals surface area contributed by atoms with Crippen molar-refractivity contribution in [3.63, 3.8) is 0 Å². The normalized spacial score (nSPS) is 12.5. The van der Waals surface area contributed by atoms with Crippen LogP contribution < -0.4 is 5.73 Å². The van der Waals surface area contributed by atoms with Crippen LogP contribution in [0.1, 0.15) is 42.9 Å². The third kappa shape index (κ3) is 2.60. The second-order valence-electron chi connectivity index (χ2n) is 4.53. The number of anilines is 1. The van der Waals surface area contributed by atoms with Gasteiger partial charge in [0.25, 0.3) is 5.91 Å². The lowest BCUT2D eigenvalue weighted by Crippen LogP contribution is -2.36. The number of carbonyl (C=O) groups excluding carboxylic acids is 1. The van der Waals surface area contributed by atoms with Gasteiger partial charge in [-0.1, -0.05) is 13.3 Å². The van der Waals surface area contributed by atoms with Gasteiger partial charge in [-0.3, -0.25) is 9.48 Å². The van der Waals surface area contributed by atoms with Crippen molar-refractivity contribution in [1.82, 2.24) is 14.7 Å². The minimum absolute atomic E-state index is 0.0634. The van der Waals surface area contributed by atoms with Gasteiger partial charge in [-0.25, -0.2) is 0 Å². The fourth-order valence-electron chi connectivity index (χ4n) is 1.91. The van der Waals surface area contributed by atoms with Crippen molar-refractivity contribution in [3.05, 3.63) is 11.4 Å². The molecule has 0 saturated carbocycles. The molecule has 0 aliphatic rings. The van der Waals surface area contributed by atoms with Crippen LogP contribution in [0.25, 0.3) is 0 Å². The number of hydrogen-bond donors (Lipinski definition) is 1. The molecule has 96 valence electrons. The molecule has 2 N–H and O–H groups in total. The second kappa shape index (κ2) is 5.21. The fourth-order valence-corrected chi connectivity index (χ4v) is 1.91. The lowest BCUT2D eigenvalue weighted by molar-refractivity contribution is 0.0727. The zero-order chi connectivity index (χ0) is 13.2. The number of nitrogens with zero attached hydrogens (tertiary/aromatic N) is 3. The average Bonchev–Trinajstić information content (AvgIpc) is 2.51. The van der Waals surface area contributed by atoms with Gasteiger partial charge in [-0.15, -0.1) is 0 Å². The fraction of sp³-hybridized carbons (Fsp3) is 0.667. The van der Waals surface area contributed by atoms with Crippen molar-refractivity contribution >= 4 is 11.6 Å². The SMILES string of the molecule is CCCC(C)N(C)C(=O)c1c(N)c(C)nn1C. The summed E-state index contributed by atoms with van der Waals surface area (Å²) in [6.07, 6.45) is 2.04. The van der Waals surface area contributed by atoms with Crippen molar-refractivity contribution in [2.24, 2.45) is 7.05 Å². The first kappa shape index (κ1) is 13.5. The topological polar surface area (TPSA) is 64.2 Å². The molecule has 1 rings (SSSR count). The molecule has 5 heteroatoms. The highest BCUT2D eigenvalue weighted by Crippen LogP contribution is 2.18. The van der Waals surface area contributed by atoms with Crippen LogP contribution in [0.2, 0.25) is 0 Å². The van der Waals surface area contributed by atoms with Crippen molar-refractivity contribution < 1.29 is 4.79 Å². The summed E-state index contributed by atoms with van der Waals surface area (Å²) < 4.78 is 1.56. The van der Waals surface area contributed by atoms with Gasteiger partial charge < -0.3 is 10.6 Å². The first-order chi connectivity index (χ1) is 7.90. The Balaban J connectivity index is 2.96. The third-order valence-corrected chi connectivity index (χ3v) is 3.16. The summed E-state index contributed by atoms with van der Waals surface area (Å²) in [5.41, 5.74) is 7.55. The van der Waals surface area contributed by atoms with Crippen LogP contribution >= 0.6 is 0 Å². The van der Waals surface area contributed by atoms with Gasteiger partial charge in [-0.2, -0.15) is 5.10 Å². The molecule has 1 aromatic heterocycles. The number of aryl methyl sites for hydroxylation is 2. The van der Waals surface area contributed by atoms with Crippen molar-refractivity contribution in [3.8, 4) is 0 Å². The molecule has 1 unspecified atom stereocenters. The number of aromatic nitrogens is 2. The molecule has 0 fully saturated rings. The predicted molar refractivity (Wildman–Crippen MR) is 68.8 cm³/mol. The van der Waals surface area contributed by atoms with E-state index in [1.165, 1.54) is 0 Å². The van der Waals surface area contributed by atoms with Gasteiger partial charge in [-0.05, 0) is 20.3 Å². The van der Waals surface area contributed by atoms with Crippen LogP contribution in [0.3, 0.4) is 0 Å². The number of rotatable bonds is 4. The van der Waals surface area contributed by atoms with Gasteiger partial charge in [0, 0.05) is 20.1 Å². The summed E-state index contributed by atoms with van der Waals surface area (Å²) in [7, 11) is 3.55. The van der Waals surface area contributed by atoms with E-state index in [1.54, 1.807) is 16.6 Å². The average molecular weight is 238 g/mol. The van der Waals surface area contributed by atoms with E-state index in [2.05, 4.69) is 12.0 Å². The minimum Gasteiger partial charge on any atom is -0.395 e.